The zero-order chi connectivity index (χ0) is 20.4. The lowest BCUT2D eigenvalue weighted by Gasteiger charge is -2.40. The lowest BCUT2D eigenvalue weighted by molar-refractivity contribution is -0.136. The smallest absolute Gasteiger partial charge is 0.333 e. The molecule has 3 nitrogen and oxygen atoms in total. The molecule has 0 aromatic heterocycles. The van der Waals surface area contributed by atoms with E-state index in [0.29, 0.717) is 9.52 Å². The molecule has 0 heterocycles. The Morgan fingerprint density at radius 3 is 2.52 bits per heavy atom. The van der Waals surface area contributed by atoms with Crippen molar-refractivity contribution in [3.63, 3.8) is 0 Å². The van der Waals surface area contributed by atoms with Gasteiger partial charge in [-0.15, -0.1) is 0 Å². The van der Waals surface area contributed by atoms with Crippen LogP contribution in [0.5, 0.6) is 0 Å². The minimum absolute atomic E-state index is 0.0811. The molecule has 1 aromatic rings. The number of hydrogen-bond donors (Lipinski definition) is 0. The predicted molar refractivity (Wildman–Crippen MR) is 116 cm³/mol. The summed E-state index contributed by atoms with van der Waals surface area (Å²) in [5.41, 5.74) is 3.49. The van der Waals surface area contributed by atoms with Crippen molar-refractivity contribution in [3.8, 4) is 0 Å². The fourth-order valence-corrected chi connectivity index (χ4v) is 6.17. The van der Waals surface area contributed by atoms with Gasteiger partial charge in [-0.3, -0.25) is 0 Å². The maximum atomic E-state index is 12.3. The number of methoxy groups -OCH3 is 1. The zero-order valence-electron chi connectivity index (χ0n) is 18.1. The first-order chi connectivity index (χ1) is 12.5. The maximum absolute atomic E-state index is 12.3. The maximum Gasteiger partial charge on any atom is 0.333 e. The summed E-state index contributed by atoms with van der Waals surface area (Å²) in [6.45, 7) is 15.7. The summed E-state index contributed by atoms with van der Waals surface area (Å²) >= 11 is 0. The van der Waals surface area contributed by atoms with E-state index in [0.717, 1.165) is 18.0 Å². The minimum Gasteiger partial charge on any atom is -0.466 e. The molecule has 0 amide bonds. The van der Waals surface area contributed by atoms with Crippen molar-refractivity contribution in [1.82, 2.24) is 0 Å². The molecule has 0 bridgehead atoms. The summed E-state index contributed by atoms with van der Waals surface area (Å²) < 4.78 is 11.8. The summed E-state index contributed by atoms with van der Waals surface area (Å²) in [5, 5.41) is 1.54. The normalized spacial score (nSPS) is 20.5. The van der Waals surface area contributed by atoms with Crippen molar-refractivity contribution >= 4 is 29.0 Å². The van der Waals surface area contributed by atoms with Gasteiger partial charge in [0.1, 0.15) is 0 Å². The van der Waals surface area contributed by atoms with Gasteiger partial charge in [0.15, 0.2) is 8.32 Å². The summed E-state index contributed by atoms with van der Waals surface area (Å²) in [6, 6.07) is 7.42. The largest absolute Gasteiger partial charge is 0.466 e. The molecule has 0 N–H and O–H groups in total. The van der Waals surface area contributed by atoms with Gasteiger partial charge in [-0.1, -0.05) is 50.2 Å². The molecule has 0 spiro atoms. The van der Waals surface area contributed by atoms with Gasteiger partial charge in [0.05, 0.1) is 22.7 Å². The quantitative estimate of drug-likeness (QED) is 0.517. The van der Waals surface area contributed by atoms with E-state index in [9.17, 15) is 4.79 Å². The number of benzene rings is 1. The Hall–Kier alpha value is -1.18. The Morgan fingerprint density at radius 2 is 1.93 bits per heavy atom. The molecule has 2 rings (SSSR count). The SMILES string of the molecule is COC(=O)C1=CC[C@H](O[Si](C)(C)C(C)(C)C)[C@H]1C[Si]c1cccc(C)c1C. The van der Waals surface area contributed by atoms with E-state index in [1.165, 1.54) is 23.4 Å². The van der Waals surface area contributed by atoms with Crippen LogP contribution in [0.2, 0.25) is 24.2 Å². The number of ether oxygens (including phenoxy) is 1. The second-order valence-electron chi connectivity index (χ2n) is 9.04. The third-order valence-electron chi connectivity index (χ3n) is 6.21. The van der Waals surface area contributed by atoms with Gasteiger partial charge in [-0.25, -0.2) is 4.79 Å². The topological polar surface area (TPSA) is 35.5 Å². The Morgan fingerprint density at radius 1 is 1.26 bits per heavy atom. The van der Waals surface area contributed by atoms with Crippen molar-refractivity contribution in [2.24, 2.45) is 5.92 Å². The van der Waals surface area contributed by atoms with Crippen LogP contribution in [-0.2, 0) is 14.0 Å². The van der Waals surface area contributed by atoms with Crippen LogP contribution in [0.25, 0.3) is 0 Å². The van der Waals surface area contributed by atoms with Gasteiger partial charge in [-0.05, 0) is 55.6 Å². The van der Waals surface area contributed by atoms with Crippen molar-refractivity contribution < 1.29 is 14.0 Å². The molecule has 27 heavy (non-hydrogen) atoms. The number of rotatable bonds is 6. The molecule has 148 valence electrons. The van der Waals surface area contributed by atoms with E-state index in [4.69, 9.17) is 9.16 Å². The van der Waals surface area contributed by atoms with Crippen LogP contribution < -0.4 is 5.19 Å². The zero-order valence-corrected chi connectivity index (χ0v) is 20.1. The van der Waals surface area contributed by atoms with E-state index >= 15 is 0 Å². The summed E-state index contributed by atoms with van der Waals surface area (Å²) in [6.07, 6.45) is 2.93. The fraction of sp³-hybridized carbons (Fsp3) is 0.591. The van der Waals surface area contributed by atoms with E-state index in [1.807, 2.05) is 6.08 Å². The van der Waals surface area contributed by atoms with Crippen LogP contribution >= 0.6 is 0 Å². The van der Waals surface area contributed by atoms with Crippen molar-refractivity contribution in [2.45, 2.75) is 71.3 Å². The average molecular weight is 403 g/mol. The van der Waals surface area contributed by atoms with Crippen LogP contribution in [0, 0.1) is 19.8 Å². The van der Waals surface area contributed by atoms with Crippen molar-refractivity contribution in [3.05, 3.63) is 41.0 Å². The molecule has 0 fully saturated rings. The Bertz CT molecular complexity index is 717. The fourth-order valence-electron chi connectivity index (χ4n) is 3.20. The van der Waals surface area contributed by atoms with Crippen LogP contribution in [0.3, 0.4) is 0 Å². The average Bonchev–Trinajstić information content (AvgIpc) is 2.96. The highest BCUT2D eigenvalue weighted by atomic mass is 28.4. The number of carbonyl (C=O) groups excluding carboxylic acids is 1. The molecule has 2 atom stereocenters. The molecular weight excluding hydrogens is 368 g/mol. The first-order valence-electron chi connectivity index (χ1n) is 9.74. The van der Waals surface area contributed by atoms with Crippen LogP contribution in [0.1, 0.15) is 38.3 Å². The number of carbonyl (C=O) groups is 1. The molecule has 2 radical (unpaired) electrons. The van der Waals surface area contributed by atoms with Crippen LogP contribution in [-0.4, -0.2) is 37.0 Å². The molecular formula is C22H34O3Si2. The van der Waals surface area contributed by atoms with Gasteiger partial charge in [0.2, 0.25) is 0 Å². The van der Waals surface area contributed by atoms with E-state index in [2.05, 4.69) is 65.9 Å². The minimum atomic E-state index is -1.90. The molecule has 0 saturated heterocycles. The van der Waals surface area contributed by atoms with E-state index in [-0.39, 0.29) is 23.0 Å². The molecule has 1 aliphatic rings. The predicted octanol–water partition coefficient (Wildman–Crippen LogP) is 4.56. The molecule has 1 aliphatic carbocycles. The number of hydrogen-bond acceptors (Lipinski definition) is 3. The van der Waals surface area contributed by atoms with Gasteiger partial charge in [0.25, 0.3) is 0 Å². The molecule has 1 aromatic carbocycles. The van der Waals surface area contributed by atoms with Crippen LogP contribution in [0.15, 0.2) is 29.8 Å². The first kappa shape index (κ1) is 22.1. The van der Waals surface area contributed by atoms with Gasteiger partial charge in [-0.2, -0.15) is 0 Å². The summed E-state index contributed by atoms with van der Waals surface area (Å²) in [5.74, 6) is -0.0862. The first-order valence-corrected chi connectivity index (χ1v) is 13.9. The molecule has 0 saturated carbocycles. The number of aryl methyl sites for hydroxylation is 1. The lowest BCUT2D eigenvalue weighted by Crippen LogP contribution is -2.45. The van der Waals surface area contributed by atoms with Crippen LogP contribution in [0.4, 0.5) is 0 Å². The molecule has 5 heteroatoms. The highest BCUT2D eigenvalue weighted by Crippen LogP contribution is 2.41. The van der Waals surface area contributed by atoms with Gasteiger partial charge >= 0.3 is 5.97 Å². The van der Waals surface area contributed by atoms with E-state index in [1.54, 1.807) is 0 Å². The lowest BCUT2D eigenvalue weighted by atomic mass is 10.0. The monoisotopic (exact) mass is 402 g/mol. The van der Waals surface area contributed by atoms with Crippen molar-refractivity contribution in [2.75, 3.05) is 7.11 Å². The Kier molecular flexibility index (Phi) is 6.92. The second kappa shape index (κ2) is 8.45. The Balaban J connectivity index is 2.21. The highest BCUT2D eigenvalue weighted by Gasteiger charge is 2.43. The molecule has 0 unspecified atom stereocenters. The third-order valence-corrected chi connectivity index (χ3v) is 12.3. The Labute approximate surface area is 168 Å². The third kappa shape index (κ3) is 5.01. The number of esters is 1. The molecule has 0 aliphatic heterocycles. The second-order valence-corrected chi connectivity index (χ2v) is 15.1. The highest BCUT2D eigenvalue weighted by molar-refractivity contribution is 6.74. The summed E-state index contributed by atoms with van der Waals surface area (Å²) in [4.78, 5) is 12.3. The van der Waals surface area contributed by atoms with E-state index < -0.39 is 8.32 Å². The van der Waals surface area contributed by atoms with Crippen molar-refractivity contribution in [1.29, 1.82) is 0 Å². The van der Waals surface area contributed by atoms with Gasteiger partial charge in [0, 0.05) is 11.5 Å². The standard InChI is InChI=1S/C22H34O3Si2/c1-15-10-9-11-20(16(15)2)26-14-18-17(21(23)24-6)12-13-19(18)25-27(7,8)22(3,4)5/h9-12,18-19H,13-14H2,1-8H3/t18-,19-/m0/s1. The summed E-state index contributed by atoms with van der Waals surface area (Å²) in [7, 11) is 0.230. The van der Waals surface area contributed by atoms with Gasteiger partial charge < -0.3 is 9.16 Å².